The van der Waals surface area contributed by atoms with Crippen molar-refractivity contribution in [1.29, 1.82) is 0 Å². The molecule has 44 heavy (non-hydrogen) atoms. The third kappa shape index (κ3) is 6.51. The summed E-state index contributed by atoms with van der Waals surface area (Å²) in [6.45, 7) is 4.40. The van der Waals surface area contributed by atoms with Crippen molar-refractivity contribution in [3.63, 3.8) is 0 Å². The molecule has 18 heteroatoms. The quantitative estimate of drug-likeness (QED) is 0.0607. The van der Waals surface area contributed by atoms with Crippen molar-refractivity contribution >= 4 is 75.1 Å². The molecule has 3 aromatic rings. The van der Waals surface area contributed by atoms with E-state index in [0.29, 0.717) is 27.8 Å². The van der Waals surface area contributed by atoms with Gasteiger partial charge in [0.05, 0.1) is 11.6 Å². The molecule has 15 nitrogen and oxygen atoms in total. The number of carbonyl (C=O) groups is 4. The first-order valence-corrected chi connectivity index (χ1v) is 16.0. The summed E-state index contributed by atoms with van der Waals surface area (Å²) < 4.78 is 12.0. The minimum atomic E-state index is -0.966. The number of carbonyl (C=O) groups excluding carboxylic acids is 4. The van der Waals surface area contributed by atoms with Gasteiger partial charge in [-0.1, -0.05) is 5.16 Å². The average Bonchev–Trinajstić information content (AvgIpc) is 3.64. The monoisotopic (exact) mass is 660 g/mol. The third-order valence-electron chi connectivity index (χ3n) is 6.31. The van der Waals surface area contributed by atoms with Crippen LogP contribution in [0.15, 0.2) is 51.4 Å². The normalized spacial score (nSPS) is 18.5. The minimum Gasteiger partial charge on any atom is -0.427 e. The number of β-lactam (4-membered cyclic amide) rings is 1. The zero-order valence-electron chi connectivity index (χ0n) is 24.0. The van der Waals surface area contributed by atoms with E-state index in [1.807, 2.05) is 0 Å². The molecule has 2 aliphatic rings. The van der Waals surface area contributed by atoms with Crippen molar-refractivity contribution in [3.05, 3.63) is 46.9 Å². The second-order valence-corrected chi connectivity index (χ2v) is 13.4. The standard InChI is InChI=1S/C26H28N8O7S3/c1-26(2,3)24(38)41-12-40-23(37)19-13(9-42-16-6-8-33-15(30-16)5-7-28-33)10-43-22-18(21(36)34(19)22)31-20(35)17(32-39-4)14-11-44-25(27)29-14/h5-8,11,18,22H,9-10,12H2,1-4H3,(H2,27,29)(H,31,35)/t18-,22-/m1/s1. The van der Waals surface area contributed by atoms with Gasteiger partial charge in [0.15, 0.2) is 16.5 Å². The first-order chi connectivity index (χ1) is 21.0. The van der Waals surface area contributed by atoms with Gasteiger partial charge in [0, 0.05) is 29.1 Å². The van der Waals surface area contributed by atoms with Gasteiger partial charge in [-0.3, -0.25) is 19.3 Å². The predicted octanol–water partition coefficient (Wildman–Crippen LogP) is 1.65. The number of thioether (sulfide) groups is 2. The molecule has 2 amide bonds. The Labute approximate surface area is 263 Å². The molecule has 2 aliphatic heterocycles. The lowest BCUT2D eigenvalue weighted by molar-refractivity contribution is -0.173. The number of nitrogen functional groups attached to an aromatic ring is 1. The molecule has 3 aromatic heterocycles. The van der Waals surface area contributed by atoms with Gasteiger partial charge in [-0.25, -0.2) is 19.3 Å². The van der Waals surface area contributed by atoms with Crippen LogP contribution in [0.4, 0.5) is 5.13 Å². The van der Waals surface area contributed by atoms with Crippen LogP contribution in [0.3, 0.4) is 0 Å². The van der Waals surface area contributed by atoms with Crippen LogP contribution >= 0.6 is 34.9 Å². The number of hydrogen-bond donors (Lipinski definition) is 2. The van der Waals surface area contributed by atoms with Crippen LogP contribution in [0.5, 0.6) is 0 Å². The molecule has 2 atom stereocenters. The number of anilines is 1. The number of ether oxygens (including phenoxy) is 2. The van der Waals surface area contributed by atoms with Crippen LogP contribution in [0.1, 0.15) is 26.5 Å². The Hall–Kier alpha value is -4.16. The number of fused-ring (bicyclic) bond motifs is 2. The van der Waals surface area contributed by atoms with Gasteiger partial charge in [-0.2, -0.15) is 5.10 Å². The summed E-state index contributed by atoms with van der Waals surface area (Å²) in [4.78, 5) is 66.8. The number of thiazole rings is 1. The highest BCUT2D eigenvalue weighted by Gasteiger charge is 2.54. The Bertz CT molecular complexity index is 1680. The number of aromatic nitrogens is 4. The summed E-state index contributed by atoms with van der Waals surface area (Å²) in [6.07, 6.45) is 3.41. The predicted molar refractivity (Wildman–Crippen MR) is 162 cm³/mol. The van der Waals surface area contributed by atoms with Crippen LogP contribution in [-0.2, 0) is 33.5 Å². The van der Waals surface area contributed by atoms with Crippen LogP contribution in [0.25, 0.3) is 5.65 Å². The topological polar surface area (TPSA) is 193 Å². The van der Waals surface area contributed by atoms with E-state index in [4.69, 9.17) is 20.0 Å². The first-order valence-electron chi connectivity index (χ1n) is 13.1. The second-order valence-electron chi connectivity index (χ2n) is 10.4. The summed E-state index contributed by atoms with van der Waals surface area (Å²) in [5.74, 6) is -1.92. The Balaban J connectivity index is 1.34. The number of hydrogen-bond acceptors (Lipinski definition) is 15. The number of esters is 2. The number of nitrogens with one attached hydrogen (secondary N) is 1. The number of rotatable bonds is 10. The molecule has 5 heterocycles. The third-order valence-corrected chi connectivity index (χ3v) is 9.34. The lowest BCUT2D eigenvalue weighted by Gasteiger charge is -2.49. The first kappa shape index (κ1) is 31.3. The lowest BCUT2D eigenvalue weighted by atomic mass is 9.98. The molecule has 0 radical (unpaired) electrons. The van der Waals surface area contributed by atoms with Crippen LogP contribution < -0.4 is 11.1 Å². The summed E-state index contributed by atoms with van der Waals surface area (Å²) in [7, 11) is 1.28. The van der Waals surface area contributed by atoms with Gasteiger partial charge in [0.2, 0.25) is 6.79 Å². The average molecular weight is 661 g/mol. The van der Waals surface area contributed by atoms with Gasteiger partial charge in [0.25, 0.3) is 11.8 Å². The van der Waals surface area contributed by atoms with Crippen LogP contribution in [0.2, 0.25) is 0 Å². The van der Waals surface area contributed by atoms with E-state index in [9.17, 15) is 19.2 Å². The van der Waals surface area contributed by atoms with E-state index < -0.39 is 47.4 Å². The SMILES string of the molecule is CON=C(C(=O)N[C@@H]1C(=O)N2C(C(=O)OCOC(=O)C(C)(C)C)=C(CSc3ccn4nccc4n3)CS[C@H]12)c1csc(N)n1. The maximum Gasteiger partial charge on any atom is 0.357 e. The van der Waals surface area contributed by atoms with Gasteiger partial charge in [-0.15, -0.1) is 34.9 Å². The Kier molecular flexibility index (Phi) is 9.12. The van der Waals surface area contributed by atoms with Crippen LogP contribution in [-0.4, -0.2) is 90.8 Å². The zero-order chi connectivity index (χ0) is 31.6. The fourth-order valence-electron chi connectivity index (χ4n) is 4.14. The van der Waals surface area contributed by atoms with E-state index in [-0.39, 0.29) is 22.2 Å². The smallest absolute Gasteiger partial charge is 0.357 e. The second kappa shape index (κ2) is 12.8. The molecule has 0 unspecified atom stereocenters. The van der Waals surface area contributed by atoms with Gasteiger partial charge in [0.1, 0.15) is 34.9 Å². The fraction of sp³-hybridized carbons (Fsp3) is 0.385. The Morgan fingerprint density at radius 3 is 2.73 bits per heavy atom. The summed E-state index contributed by atoms with van der Waals surface area (Å²) in [6, 6.07) is 2.60. The van der Waals surface area contributed by atoms with Crippen molar-refractivity contribution in [1.82, 2.24) is 29.8 Å². The molecular weight excluding hydrogens is 633 g/mol. The molecule has 1 fully saturated rings. The molecular formula is C26H28N8O7S3. The molecule has 232 valence electrons. The molecule has 5 rings (SSSR count). The number of amides is 2. The molecule has 1 saturated heterocycles. The van der Waals surface area contributed by atoms with E-state index in [1.165, 1.54) is 35.5 Å². The van der Waals surface area contributed by atoms with Gasteiger partial charge < -0.3 is 25.4 Å². The Morgan fingerprint density at radius 2 is 2.02 bits per heavy atom. The van der Waals surface area contributed by atoms with E-state index in [1.54, 1.807) is 55.2 Å². The number of nitrogens with zero attached hydrogens (tertiary/aromatic N) is 6. The number of nitrogens with two attached hydrogens (primary N) is 1. The van der Waals surface area contributed by atoms with Crippen molar-refractivity contribution in [2.75, 3.05) is 31.1 Å². The van der Waals surface area contributed by atoms with Gasteiger partial charge in [-0.05, 0) is 32.4 Å². The van der Waals surface area contributed by atoms with Crippen LogP contribution in [0, 0.1) is 5.41 Å². The largest absolute Gasteiger partial charge is 0.427 e. The van der Waals surface area contributed by atoms with Crippen molar-refractivity contribution < 1.29 is 33.5 Å². The van der Waals surface area contributed by atoms with Crippen molar-refractivity contribution in [3.8, 4) is 0 Å². The maximum atomic E-state index is 13.5. The van der Waals surface area contributed by atoms with Crippen molar-refractivity contribution in [2.45, 2.75) is 37.2 Å². The summed E-state index contributed by atoms with van der Waals surface area (Å²) in [5, 5.41) is 12.4. The minimum absolute atomic E-state index is 0.0343. The van der Waals surface area contributed by atoms with Gasteiger partial charge >= 0.3 is 11.9 Å². The lowest BCUT2D eigenvalue weighted by Crippen LogP contribution is -2.71. The molecule has 0 spiro atoms. The zero-order valence-corrected chi connectivity index (χ0v) is 26.5. The van der Waals surface area contributed by atoms with E-state index in [2.05, 4.69) is 25.5 Å². The maximum absolute atomic E-state index is 13.5. The molecule has 0 aromatic carbocycles. The fourth-order valence-corrected chi connectivity index (χ4v) is 7.04. The molecule has 0 bridgehead atoms. The summed E-state index contributed by atoms with van der Waals surface area (Å²) in [5.41, 5.74) is 6.27. The molecule has 0 saturated carbocycles. The summed E-state index contributed by atoms with van der Waals surface area (Å²) >= 11 is 3.88. The Morgan fingerprint density at radius 1 is 1.23 bits per heavy atom. The molecule has 0 aliphatic carbocycles. The van der Waals surface area contributed by atoms with E-state index >= 15 is 0 Å². The molecule has 3 N–H and O–H groups in total. The number of oxime groups is 1. The van der Waals surface area contributed by atoms with Crippen molar-refractivity contribution in [2.24, 2.45) is 10.6 Å². The van der Waals surface area contributed by atoms with E-state index in [0.717, 1.165) is 11.3 Å². The highest BCUT2D eigenvalue weighted by Crippen LogP contribution is 2.42. The highest BCUT2D eigenvalue weighted by atomic mass is 32.2. The highest BCUT2D eigenvalue weighted by molar-refractivity contribution is 8.01.